The topological polar surface area (TPSA) is 79.4 Å². The Hall–Kier alpha value is -3.30. The van der Waals surface area contributed by atoms with E-state index < -0.39 is 17.6 Å². The lowest BCUT2D eigenvalue weighted by molar-refractivity contribution is -0.118. The molecule has 3 aliphatic rings. The van der Waals surface area contributed by atoms with Crippen molar-refractivity contribution in [2.45, 2.75) is 37.6 Å². The van der Waals surface area contributed by atoms with Gasteiger partial charge in [-0.15, -0.1) is 0 Å². The Morgan fingerprint density at radius 1 is 1.31 bits per heavy atom. The van der Waals surface area contributed by atoms with Gasteiger partial charge in [0.05, 0.1) is 5.02 Å². The number of halogens is 3. The van der Waals surface area contributed by atoms with Crippen molar-refractivity contribution in [3.8, 4) is 17.1 Å². The summed E-state index contributed by atoms with van der Waals surface area (Å²) in [6, 6.07) is 7.97. The lowest BCUT2D eigenvalue weighted by Gasteiger charge is -2.20. The van der Waals surface area contributed by atoms with E-state index in [0.29, 0.717) is 35.2 Å². The summed E-state index contributed by atoms with van der Waals surface area (Å²) in [5.41, 5.74) is 3.72. The van der Waals surface area contributed by atoms with E-state index in [-0.39, 0.29) is 35.7 Å². The zero-order valence-electron chi connectivity index (χ0n) is 21.7. The van der Waals surface area contributed by atoms with Crippen LogP contribution < -0.4 is 15.4 Å². The molecule has 3 aromatic rings. The first-order valence-corrected chi connectivity index (χ1v) is 13.7. The van der Waals surface area contributed by atoms with Crippen LogP contribution in [-0.2, 0) is 11.2 Å². The number of likely N-dealkylation sites (tertiary alicyclic amines) is 1. The molecule has 2 fully saturated rings. The molecule has 6 rings (SSSR count). The van der Waals surface area contributed by atoms with E-state index in [1.54, 1.807) is 6.07 Å². The number of hydrogen-bond donors (Lipinski definition) is 2. The van der Waals surface area contributed by atoms with Crippen LogP contribution in [0, 0.1) is 11.7 Å². The second-order valence-corrected chi connectivity index (χ2v) is 11.1. The Morgan fingerprint density at radius 3 is 2.92 bits per heavy atom. The number of nitrogens with one attached hydrogen (secondary N) is 2. The minimum atomic E-state index is -1.07. The van der Waals surface area contributed by atoms with Gasteiger partial charge in [-0.05, 0) is 73.9 Å². The van der Waals surface area contributed by atoms with Gasteiger partial charge in [0, 0.05) is 30.1 Å². The molecule has 0 spiro atoms. The maximum Gasteiger partial charge on any atom is 0.319 e. The van der Waals surface area contributed by atoms with E-state index in [0.717, 1.165) is 37.8 Å². The van der Waals surface area contributed by atoms with Crippen molar-refractivity contribution in [3.63, 3.8) is 0 Å². The molecule has 204 valence electrons. The number of carbonyl (C=O) groups is 1. The van der Waals surface area contributed by atoms with Crippen molar-refractivity contribution in [2.75, 3.05) is 38.6 Å². The summed E-state index contributed by atoms with van der Waals surface area (Å²) in [6.45, 7) is 4.67. The third kappa shape index (κ3) is 4.94. The van der Waals surface area contributed by atoms with Crippen LogP contribution in [0.2, 0.25) is 5.02 Å². The fraction of sp³-hybridized carbons (Fsp3) is 0.414. The average molecular weight is 554 g/mol. The summed E-state index contributed by atoms with van der Waals surface area (Å²) in [5, 5.41) is 6.17. The van der Waals surface area contributed by atoms with Crippen molar-refractivity contribution >= 4 is 34.2 Å². The fourth-order valence-electron chi connectivity index (χ4n) is 5.99. The second kappa shape index (κ2) is 10.4. The van der Waals surface area contributed by atoms with Crippen LogP contribution in [0.4, 0.5) is 14.6 Å². The average Bonchev–Trinajstić information content (AvgIpc) is 3.38. The minimum Gasteiger partial charge on any atom is -0.462 e. The van der Waals surface area contributed by atoms with E-state index in [2.05, 4.69) is 38.1 Å². The fourth-order valence-corrected chi connectivity index (χ4v) is 6.28. The largest absolute Gasteiger partial charge is 0.462 e. The quantitative estimate of drug-likeness (QED) is 0.279. The SMILES string of the molecule is C=C(F)C(=O)NCCNc1nc(OC[C@@H]2CCCN2C)nc2c(F)c(-c3cccc4c3C3CC3C4)c(Cl)cc12. The lowest BCUT2D eigenvalue weighted by atomic mass is 9.93. The van der Waals surface area contributed by atoms with Gasteiger partial charge in [0.2, 0.25) is 0 Å². The number of hydrogen-bond acceptors (Lipinski definition) is 6. The molecule has 2 aliphatic carbocycles. The number of benzene rings is 2. The van der Waals surface area contributed by atoms with E-state index in [1.807, 2.05) is 19.2 Å². The number of likely N-dealkylation sites (N-methyl/N-ethyl adjacent to an activating group) is 1. The highest BCUT2D eigenvalue weighted by Gasteiger charge is 2.46. The van der Waals surface area contributed by atoms with Gasteiger partial charge in [0.25, 0.3) is 5.91 Å². The van der Waals surface area contributed by atoms with Crippen LogP contribution in [0.1, 0.15) is 36.3 Å². The van der Waals surface area contributed by atoms with Crippen LogP contribution in [0.5, 0.6) is 6.01 Å². The zero-order chi connectivity index (χ0) is 27.3. The van der Waals surface area contributed by atoms with Crippen molar-refractivity contribution in [1.29, 1.82) is 0 Å². The van der Waals surface area contributed by atoms with Gasteiger partial charge in [0.15, 0.2) is 11.6 Å². The normalized spacial score (nSPS) is 21.5. The molecule has 1 amide bonds. The molecule has 1 aliphatic heterocycles. The number of anilines is 1. The molecule has 1 saturated heterocycles. The van der Waals surface area contributed by atoms with Crippen molar-refractivity contribution < 1.29 is 18.3 Å². The standard InChI is InChI=1S/C29H30ClF2N5O2/c1-15(31)28(38)34-9-8-33-27-21-13-22(30)24(19-7-3-5-16-11-17-12-20(17)23(16)19)25(32)26(21)35-29(36-27)39-14-18-6-4-10-37(18)2/h3,5,7,13,17-18,20H,1,4,6,8-12,14H2,2H3,(H,34,38)(H,33,35,36)/t17?,18-,20?/m0/s1. The van der Waals surface area contributed by atoms with Gasteiger partial charge in [0.1, 0.15) is 17.9 Å². The Bertz CT molecular complexity index is 1480. The first kappa shape index (κ1) is 26.0. The van der Waals surface area contributed by atoms with Gasteiger partial charge in [-0.1, -0.05) is 36.4 Å². The predicted molar refractivity (Wildman–Crippen MR) is 147 cm³/mol. The van der Waals surface area contributed by atoms with E-state index in [9.17, 15) is 9.18 Å². The van der Waals surface area contributed by atoms with Crippen LogP contribution in [0.15, 0.2) is 36.7 Å². The molecule has 0 bridgehead atoms. The zero-order valence-corrected chi connectivity index (χ0v) is 22.5. The third-order valence-electron chi connectivity index (χ3n) is 8.13. The lowest BCUT2D eigenvalue weighted by Crippen LogP contribution is -2.31. The van der Waals surface area contributed by atoms with E-state index >= 15 is 4.39 Å². The van der Waals surface area contributed by atoms with E-state index in [4.69, 9.17) is 16.3 Å². The molecular weight excluding hydrogens is 524 g/mol. The molecule has 0 radical (unpaired) electrons. The molecular formula is C29H30ClF2N5O2. The molecule has 2 heterocycles. The Morgan fingerprint density at radius 2 is 2.15 bits per heavy atom. The van der Waals surface area contributed by atoms with Gasteiger partial charge >= 0.3 is 6.01 Å². The number of rotatable bonds is 9. The smallest absolute Gasteiger partial charge is 0.319 e. The summed E-state index contributed by atoms with van der Waals surface area (Å²) in [6.07, 6.45) is 4.25. The molecule has 7 nitrogen and oxygen atoms in total. The molecule has 2 aromatic carbocycles. The Balaban J connectivity index is 1.37. The summed E-state index contributed by atoms with van der Waals surface area (Å²) < 4.78 is 35.4. The third-order valence-corrected chi connectivity index (χ3v) is 8.43. The molecule has 1 saturated carbocycles. The monoisotopic (exact) mass is 553 g/mol. The number of ether oxygens (including phenoxy) is 1. The molecule has 39 heavy (non-hydrogen) atoms. The number of nitrogens with zero attached hydrogens (tertiary/aromatic N) is 3. The number of aromatic nitrogens is 2. The van der Waals surface area contributed by atoms with Crippen LogP contribution in [0.3, 0.4) is 0 Å². The maximum atomic E-state index is 16.4. The van der Waals surface area contributed by atoms with Crippen molar-refractivity contribution in [2.24, 2.45) is 5.92 Å². The minimum absolute atomic E-state index is 0.0548. The molecule has 10 heteroatoms. The van der Waals surface area contributed by atoms with Gasteiger partial charge in [-0.25, -0.2) is 8.78 Å². The highest BCUT2D eigenvalue weighted by atomic mass is 35.5. The molecule has 3 atom stereocenters. The van der Waals surface area contributed by atoms with Crippen LogP contribution >= 0.6 is 11.6 Å². The maximum absolute atomic E-state index is 16.4. The first-order valence-electron chi connectivity index (χ1n) is 13.3. The van der Waals surface area contributed by atoms with Gasteiger partial charge in [-0.3, -0.25) is 4.79 Å². The number of carbonyl (C=O) groups excluding carboxylic acids is 1. The van der Waals surface area contributed by atoms with E-state index in [1.165, 1.54) is 11.1 Å². The Labute approximate surface area is 230 Å². The summed E-state index contributed by atoms with van der Waals surface area (Å²) in [5.74, 6) is -1.06. The van der Waals surface area contributed by atoms with Crippen molar-refractivity contribution in [1.82, 2.24) is 20.2 Å². The number of fused-ring (bicyclic) bond motifs is 4. The summed E-state index contributed by atoms with van der Waals surface area (Å²) >= 11 is 6.75. The second-order valence-electron chi connectivity index (χ2n) is 10.7. The summed E-state index contributed by atoms with van der Waals surface area (Å²) in [4.78, 5) is 22.7. The van der Waals surface area contributed by atoms with Gasteiger partial charge in [-0.2, -0.15) is 9.97 Å². The highest BCUT2D eigenvalue weighted by Crippen LogP contribution is 2.59. The Kier molecular flexibility index (Phi) is 6.89. The van der Waals surface area contributed by atoms with Crippen LogP contribution in [-0.4, -0.2) is 60.1 Å². The van der Waals surface area contributed by atoms with Crippen molar-refractivity contribution in [3.05, 3.63) is 58.6 Å². The molecule has 1 aromatic heterocycles. The highest BCUT2D eigenvalue weighted by molar-refractivity contribution is 6.34. The molecule has 2 unspecified atom stereocenters. The summed E-state index contributed by atoms with van der Waals surface area (Å²) in [7, 11) is 2.05. The first-order chi connectivity index (χ1) is 18.8. The molecule has 2 N–H and O–H groups in total. The predicted octanol–water partition coefficient (Wildman–Crippen LogP) is 5.23. The number of amides is 1. The van der Waals surface area contributed by atoms with Gasteiger partial charge < -0.3 is 20.3 Å². The van der Waals surface area contributed by atoms with Crippen LogP contribution in [0.25, 0.3) is 22.0 Å².